The van der Waals surface area contributed by atoms with Gasteiger partial charge in [-0.2, -0.15) is 0 Å². The summed E-state index contributed by atoms with van der Waals surface area (Å²) in [6, 6.07) is 0.847. The maximum Gasteiger partial charge on any atom is 0.236 e. The van der Waals surface area contributed by atoms with Gasteiger partial charge in [-0.1, -0.05) is 12.8 Å². The summed E-state index contributed by atoms with van der Waals surface area (Å²) in [4.78, 5) is 16.3. The highest BCUT2D eigenvalue weighted by atomic mass is 16.2. The van der Waals surface area contributed by atoms with E-state index in [0.717, 1.165) is 13.1 Å². The van der Waals surface area contributed by atoms with Crippen molar-refractivity contribution in [1.29, 1.82) is 0 Å². The van der Waals surface area contributed by atoms with Crippen LogP contribution in [0.15, 0.2) is 0 Å². The fourth-order valence-corrected chi connectivity index (χ4v) is 2.82. The SMILES string of the molecule is CCN(C(=O)CNC1CCCC1)C(C)CN(C)C. The maximum absolute atomic E-state index is 12.2. The average Bonchev–Trinajstić information content (AvgIpc) is 2.79. The van der Waals surface area contributed by atoms with Crippen molar-refractivity contribution in [3.63, 3.8) is 0 Å². The van der Waals surface area contributed by atoms with E-state index >= 15 is 0 Å². The molecule has 0 aliphatic heterocycles. The highest BCUT2D eigenvalue weighted by Gasteiger charge is 2.21. The van der Waals surface area contributed by atoms with Crippen LogP contribution in [0, 0.1) is 0 Å². The van der Waals surface area contributed by atoms with Gasteiger partial charge in [-0.15, -0.1) is 0 Å². The third-order valence-corrected chi connectivity index (χ3v) is 3.72. The molecule has 0 bridgehead atoms. The summed E-state index contributed by atoms with van der Waals surface area (Å²) in [5.41, 5.74) is 0. The van der Waals surface area contributed by atoms with Crippen LogP contribution in [-0.2, 0) is 4.79 Å². The zero-order valence-electron chi connectivity index (χ0n) is 12.4. The van der Waals surface area contributed by atoms with E-state index in [1.54, 1.807) is 0 Å². The number of hydrogen-bond donors (Lipinski definition) is 1. The molecule has 18 heavy (non-hydrogen) atoms. The third-order valence-electron chi connectivity index (χ3n) is 3.72. The van der Waals surface area contributed by atoms with Crippen LogP contribution >= 0.6 is 0 Å². The molecular weight excluding hydrogens is 226 g/mol. The van der Waals surface area contributed by atoms with Crippen molar-refractivity contribution in [2.75, 3.05) is 33.7 Å². The summed E-state index contributed by atoms with van der Waals surface area (Å²) in [6.07, 6.45) is 5.07. The number of likely N-dealkylation sites (N-methyl/N-ethyl adjacent to an activating group) is 2. The first-order valence-electron chi connectivity index (χ1n) is 7.22. The zero-order valence-corrected chi connectivity index (χ0v) is 12.4. The fourth-order valence-electron chi connectivity index (χ4n) is 2.82. The van der Waals surface area contributed by atoms with Gasteiger partial charge >= 0.3 is 0 Å². The minimum Gasteiger partial charge on any atom is -0.338 e. The molecular formula is C14H29N3O. The number of rotatable bonds is 7. The standard InChI is InChI=1S/C14H29N3O/c1-5-17(12(2)11-16(3)4)14(18)10-15-13-8-6-7-9-13/h12-13,15H,5-11H2,1-4H3. The van der Waals surface area contributed by atoms with Crippen molar-refractivity contribution in [3.05, 3.63) is 0 Å². The van der Waals surface area contributed by atoms with Gasteiger partial charge < -0.3 is 15.1 Å². The first kappa shape index (κ1) is 15.4. The van der Waals surface area contributed by atoms with E-state index in [-0.39, 0.29) is 11.9 Å². The van der Waals surface area contributed by atoms with Gasteiger partial charge in [-0.3, -0.25) is 4.79 Å². The zero-order chi connectivity index (χ0) is 13.5. The topological polar surface area (TPSA) is 35.6 Å². The Kier molecular flexibility index (Phi) is 6.65. The third kappa shape index (κ3) is 4.94. The lowest BCUT2D eigenvalue weighted by molar-refractivity contribution is -0.132. The Bertz CT molecular complexity index is 249. The Hall–Kier alpha value is -0.610. The monoisotopic (exact) mass is 255 g/mol. The molecule has 0 aromatic rings. The quantitative estimate of drug-likeness (QED) is 0.745. The van der Waals surface area contributed by atoms with E-state index < -0.39 is 0 Å². The molecule has 1 unspecified atom stereocenters. The summed E-state index contributed by atoms with van der Waals surface area (Å²) < 4.78 is 0. The Morgan fingerprint density at radius 2 is 1.94 bits per heavy atom. The van der Waals surface area contributed by atoms with Gasteiger partial charge in [0, 0.05) is 25.2 Å². The number of carbonyl (C=O) groups excluding carboxylic acids is 1. The minimum absolute atomic E-state index is 0.235. The Morgan fingerprint density at radius 3 is 2.44 bits per heavy atom. The van der Waals surface area contributed by atoms with E-state index in [1.807, 2.05) is 19.0 Å². The van der Waals surface area contributed by atoms with Gasteiger partial charge in [0.25, 0.3) is 0 Å². The fraction of sp³-hybridized carbons (Fsp3) is 0.929. The first-order chi connectivity index (χ1) is 8.54. The molecule has 0 spiro atoms. The Labute approximate surface area is 112 Å². The lowest BCUT2D eigenvalue weighted by atomic mass is 10.2. The summed E-state index contributed by atoms with van der Waals surface area (Å²) in [5, 5.41) is 3.40. The van der Waals surface area contributed by atoms with Crippen LogP contribution in [0.4, 0.5) is 0 Å². The molecule has 1 rings (SSSR count). The lowest BCUT2D eigenvalue weighted by Gasteiger charge is -2.30. The van der Waals surface area contributed by atoms with Gasteiger partial charge in [0.1, 0.15) is 0 Å². The van der Waals surface area contributed by atoms with E-state index in [2.05, 4.69) is 24.1 Å². The molecule has 4 heteroatoms. The highest BCUT2D eigenvalue weighted by Crippen LogP contribution is 2.17. The predicted molar refractivity (Wildman–Crippen MR) is 75.7 cm³/mol. The summed E-state index contributed by atoms with van der Waals surface area (Å²) in [7, 11) is 4.09. The lowest BCUT2D eigenvalue weighted by Crippen LogP contribution is -2.48. The second kappa shape index (κ2) is 7.74. The molecule has 1 fully saturated rings. The van der Waals surface area contributed by atoms with E-state index in [1.165, 1.54) is 25.7 Å². The predicted octanol–water partition coefficient (Wildman–Crippen LogP) is 1.32. The number of hydrogen-bond acceptors (Lipinski definition) is 3. The van der Waals surface area contributed by atoms with Crippen molar-refractivity contribution in [2.24, 2.45) is 0 Å². The van der Waals surface area contributed by atoms with E-state index in [0.29, 0.717) is 12.6 Å². The van der Waals surface area contributed by atoms with Gasteiger partial charge in [0.2, 0.25) is 5.91 Å². The van der Waals surface area contributed by atoms with E-state index in [9.17, 15) is 4.79 Å². The van der Waals surface area contributed by atoms with Crippen molar-refractivity contribution < 1.29 is 4.79 Å². The normalized spacial score (nSPS) is 18.3. The number of amides is 1. The van der Waals surface area contributed by atoms with Gasteiger partial charge in [-0.25, -0.2) is 0 Å². The molecule has 1 N–H and O–H groups in total. The van der Waals surface area contributed by atoms with E-state index in [4.69, 9.17) is 0 Å². The van der Waals surface area contributed by atoms with Crippen LogP contribution in [0.3, 0.4) is 0 Å². The van der Waals surface area contributed by atoms with Crippen molar-refractivity contribution in [2.45, 2.75) is 51.6 Å². The number of nitrogens with zero attached hydrogens (tertiary/aromatic N) is 2. The van der Waals surface area contributed by atoms with Crippen LogP contribution in [0.2, 0.25) is 0 Å². The molecule has 0 saturated heterocycles. The molecule has 1 atom stereocenters. The number of carbonyl (C=O) groups is 1. The Morgan fingerprint density at radius 1 is 1.33 bits per heavy atom. The van der Waals surface area contributed by atoms with Gasteiger partial charge in [0.15, 0.2) is 0 Å². The van der Waals surface area contributed by atoms with Gasteiger partial charge in [-0.05, 0) is 40.8 Å². The molecule has 4 nitrogen and oxygen atoms in total. The Balaban J connectivity index is 2.35. The van der Waals surface area contributed by atoms with Gasteiger partial charge in [0.05, 0.1) is 6.54 Å². The molecule has 106 valence electrons. The second-order valence-corrected chi connectivity index (χ2v) is 5.65. The van der Waals surface area contributed by atoms with Crippen molar-refractivity contribution in [1.82, 2.24) is 15.1 Å². The number of nitrogens with one attached hydrogen (secondary N) is 1. The van der Waals surface area contributed by atoms with Crippen LogP contribution in [0.25, 0.3) is 0 Å². The molecule has 1 aliphatic carbocycles. The summed E-state index contributed by atoms with van der Waals surface area (Å²) in [5.74, 6) is 0.235. The minimum atomic E-state index is 0.235. The van der Waals surface area contributed by atoms with Crippen molar-refractivity contribution in [3.8, 4) is 0 Å². The molecule has 0 heterocycles. The average molecular weight is 255 g/mol. The molecule has 0 aromatic carbocycles. The van der Waals surface area contributed by atoms with Crippen LogP contribution in [0.5, 0.6) is 0 Å². The second-order valence-electron chi connectivity index (χ2n) is 5.65. The smallest absolute Gasteiger partial charge is 0.236 e. The molecule has 1 saturated carbocycles. The van der Waals surface area contributed by atoms with Crippen LogP contribution in [-0.4, -0.2) is 61.5 Å². The molecule has 1 amide bonds. The van der Waals surface area contributed by atoms with Crippen LogP contribution in [0.1, 0.15) is 39.5 Å². The summed E-state index contributed by atoms with van der Waals surface area (Å²) >= 11 is 0. The van der Waals surface area contributed by atoms with Crippen molar-refractivity contribution >= 4 is 5.91 Å². The molecule has 0 radical (unpaired) electrons. The van der Waals surface area contributed by atoms with Crippen LogP contribution < -0.4 is 5.32 Å². The largest absolute Gasteiger partial charge is 0.338 e. The first-order valence-corrected chi connectivity index (χ1v) is 7.22. The molecule has 1 aliphatic rings. The highest BCUT2D eigenvalue weighted by molar-refractivity contribution is 5.78. The maximum atomic E-state index is 12.2. The molecule has 0 aromatic heterocycles. The summed E-state index contributed by atoms with van der Waals surface area (Å²) in [6.45, 7) is 6.38.